The quantitative estimate of drug-likeness (QED) is 0.903. The summed E-state index contributed by atoms with van der Waals surface area (Å²) in [5.41, 5.74) is 0. The maximum absolute atomic E-state index is 12.6. The van der Waals surface area contributed by atoms with Gasteiger partial charge in [0.25, 0.3) is 0 Å². The standard InChI is InChI=1S/C13H15NO4S3/c1-8-4-5-10(20-8)9(2)14(3)21(17,18)11-6-7-19-12(11)13(15)16/h4-7,9H,1-3H3,(H,15,16). The van der Waals surface area contributed by atoms with Crippen LogP contribution in [0.15, 0.2) is 28.5 Å². The van der Waals surface area contributed by atoms with Gasteiger partial charge < -0.3 is 5.11 Å². The smallest absolute Gasteiger partial charge is 0.347 e. The highest BCUT2D eigenvalue weighted by Gasteiger charge is 2.31. The average Bonchev–Trinajstić information content (AvgIpc) is 3.05. The van der Waals surface area contributed by atoms with Crippen LogP contribution >= 0.6 is 22.7 Å². The van der Waals surface area contributed by atoms with Crippen molar-refractivity contribution < 1.29 is 18.3 Å². The molecule has 21 heavy (non-hydrogen) atoms. The fourth-order valence-electron chi connectivity index (χ4n) is 1.88. The minimum Gasteiger partial charge on any atom is -0.477 e. The van der Waals surface area contributed by atoms with Gasteiger partial charge in [0.1, 0.15) is 9.77 Å². The Hall–Kier alpha value is -1.22. The molecule has 0 aliphatic heterocycles. The maximum atomic E-state index is 12.6. The summed E-state index contributed by atoms with van der Waals surface area (Å²) in [5, 5.41) is 10.6. The van der Waals surface area contributed by atoms with Gasteiger partial charge in [-0.3, -0.25) is 0 Å². The number of sulfonamides is 1. The molecule has 0 fully saturated rings. The van der Waals surface area contributed by atoms with E-state index in [-0.39, 0.29) is 15.8 Å². The van der Waals surface area contributed by atoms with Crippen LogP contribution in [-0.2, 0) is 10.0 Å². The molecule has 0 aliphatic rings. The summed E-state index contributed by atoms with van der Waals surface area (Å²) in [4.78, 5) is 12.8. The molecule has 1 N–H and O–H groups in total. The minimum atomic E-state index is -3.84. The molecule has 2 heterocycles. The Balaban J connectivity index is 2.39. The van der Waals surface area contributed by atoms with Gasteiger partial charge in [-0.15, -0.1) is 22.7 Å². The Bertz CT molecular complexity index is 760. The Morgan fingerprint density at radius 1 is 1.33 bits per heavy atom. The average molecular weight is 345 g/mol. The normalized spacial score (nSPS) is 13.5. The molecular formula is C13H15NO4S3. The second kappa shape index (κ2) is 5.88. The van der Waals surface area contributed by atoms with Gasteiger partial charge in [-0.05, 0) is 37.4 Å². The van der Waals surface area contributed by atoms with Crippen LogP contribution in [0.4, 0.5) is 0 Å². The second-order valence-corrected chi connectivity index (χ2v) is 8.77. The van der Waals surface area contributed by atoms with Gasteiger partial charge in [-0.25, -0.2) is 13.2 Å². The van der Waals surface area contributed by atoms with Crippen LogP contribution in [0.5, 0.6) is 0 Å². The third kappa shape index (κ3) is 3.03. The zero-order valence-electron chi connectivity index (χ0n) is 11.7. The zero-order valence-corrected chi connectivity index (χ0v) is 14.2. The van der Waals surface area contributed by atoms with Gasteiger partial charge in [0.15, 0.2) is 0 Å². The molecule has 0 spiro atoms. The number of hydrogen-bond acceptors (Lipinski definition) is 5. The van der Waals surface area contributed by atoms with E-state index in [4.69, 9.17) is 5.11 Å². The third-order valence-corrected chi connectivity index (χ3v) is 7.37. The van der Waals surface area contributed by atoms with Crippen LogP contribution in [0.2, 0.25) is 0 Å². The molecule has 8 heteroatoms. The maximum Gasteiger partial charge on any atom is 0.347 e. The van der Waals surface area contributed by atoms with Crippen molar-refractivity contribution in [1.29, 1.82) is 0 Å². The summed E-state index contributed by atoms with van der Waals surface area (Å²) in [6.45, 7) is 3.74. The molecule has 114 valence electrons. The van der Waals surface area contributed by atoms with Gasteiger partial charge in [-0.1, -0.05) is 0 Å². The first-order valence-electron chi connectivity index (χ1n) is 6.10. The number of carbonyl (C=O) groups is 1. The van der Waals surface area contributed by atoms with Crippen molar-refractivity contribution in [1.82, 2.24) is 4.31 Å². The van der Waals surface area contributed by atoms with Crippen molar-refractivity contribution in [3.63, 3.8) is 0 Å². The SMILES string of the molecule is Cc1ccc(C(C)N(C)S(=O)(=O)c2ccsc2C(=O)O)s1. The van der Waals surface area contributed by atoms with Crippen LogP contribution in [0.3, 0.4) is 0 Å². The van der Waals surface area contributed by atoms with Crippen LogP contribution in [0.25, 0.3) is 0 Å². The number of nitrogens with zero attached hydrogens (tertiary/aromatic N) is 1. The molecule has 1 atom stereocenters. The molecule has 1 unspecified atom stereocenters. The molecule has 0 bridgehead atoms. The highest BCUT2D eigenvalue weighted by Crippen LogP contribution is 2.32. The van der Waals surface area contributed by atoms with E-state index < -0.39 is 16.0 Å². The van der Waals surface area contributed by atoms with E-state index >= 15 is 0 Å². The molecule has 5 nitrogen and oxygen atoms in total. The van der Waals surface area contributed by atoms with Crippen LogP contribution in [0.1, 0.15) is 32.4 Å². The van der Waals surface area contributed by atoms with Crippen LogP contribution < -0.4 is 0 Å². The summed E-state index contributed by atoms with van der Waals surface area (Å²) in [6, 6.07) is 4.81. The summed E-state index contributed by atoms with van der Waals surface area (Å²) in [5.74, 6) is -1.23. The molecule has 0 aliphatic carbocycles. The number of aryl methyl sites for hydroxylation is 1. The van der Waals surface area contributed by atoms with Crippen molar-refractivity contribution in [2.75, 3.05) is 7.05 Å². The summed E-state index contributed by atoms with van der Waals surface area (Å²) in [7, 11) is -2.37. The molecule has 2 aromatic rings. The second-order valence-electron chi connectivity index (χ2n) is 4.56. The lowest BCUT2D eigenvalue weighted by molar-refractivity contribution is 0.0698. The first kappa shape index (κ1) is 16.2. The van der Waals surface area contributed by atoms with E-state index in [1.165, 1.54) is 34.1 Å². The summed E-state index contributed by atoms with van der Waals surface area (Å²) < 4.78 is 26.4. The molecule has 0 aromatic carbocycles. The van der Waals surface area contributed by atoms with Gasteiger partial charge in [0.2, 0.25) is 10.0 Å². The molecule has 0 amide bonds. The fourth-order valence-corrected chi connectivity index (χ4v) is 5.49. The lowest BCUT2D eigenvalue weighted by atomic mass is 10.3. The summed E-state index contributed by atoms with van der Waals surface area (Å²) >= 11 is 2.44. The van der Waals surface area contributed by atoms with Crippen molar-refractivity contribution >= 4 is 38.7 Å². The van der Waals surface area contributed by atoms with E-state index in [1.54, 1.807) is 6.92 Å². The van der Waals surface area contributed by atoms with Crippen molar-refractivity contribution in [3.8, 4) is 0 Å². The highest BCUT2D eigenvalue weighted by molar-refractivity contribution is 7.89. The van der Waals surface area contributed by atoms with Gasteiger partial charge in [0, 0.05) is 16.8 Å². The number of thiophene rings is 2. The largest absolute Gasteiger partial charge is 0.477 e. The number of rotatable bonds is 5. The van der Waals surface area contributed by atoms with E-state index in [0.29, 0.717) is 0 Å². The molecule has 0 saturated heterocycles. The Morgan fingerprint density at radius 2 is 2.00 bits per heavy atom. The number of hydrogen-bond donors (Lipinski definition) is 1. The first-order valence-corrected chi connectivity index (χ1v) is 9.24. The molecule has 2 rings (SSSR count). The van der Waals surface area contributed by atoms with Gasteiger partial charge >= 0.3 is 5.97 Å². The molecule has 0 saturated carbocycles. The number of aromatic carboxylic acids is 1. The Labute approximate surface area is 131 Å². The van der Waals surface area contributed by atoms with Crippen molar-refractivity contribution in [3.05, 3.63) is 38.2 Å². The molecule has 2 aromatic heterocycles. The van der Waals surface area contributed by atoms with E-state index in [0.717, 1.165) is 21.1 Å². The lowest BCUT2D eigenvalue weighted by Gasteiger charge is -2.23. The fraction of sp³-hybridized carbons (Fsp3) is 0.308. The minimum absolute atomic E-state index is 0.150. The molecule has 0 radical (unpaired) electrons. The van der Waals surface area contributed by atoms with E-state index in [2.05, 4.69) is 0 Å². The van der Waals surface area contributed by atoms with Crippen LogP contribution in [-0.4, -0.2) is 30.8 Å². The summed E-state index contributed by atoms with van der Waals surface area (Å²) in [6.07, 6.45) is 0. The van der Waals surface area contributed by atoms with Gasteiger partial charge in [-0.2, -0.15) is 4.31 Å². The zero-order chi connectivity index (χ0) is 15.8. The van der Waals surface area contributed by atoms with Crippen LogP contribution in [0, 0.1) is 6.92 Å². The van der Waals surface area contributed by atoms with E-state index in [9.17, 15) is 13.2 Å². The monoisotopic (exact) mass is 345 g/mol. The third-order valence-electron chi connectivity index (χ3n) is 3.20. The first-order chi connectivity index (χ1) is 9.75. The van der Waals surface area contributed by atoms with Crippen molar-refractivity contribution in [2.45, 2.75) is 24.8 Å². The highest BCUT2D eigenvalue weighted by atomic mass is 32.2. The number of carboxylic acid groups (broad SMARTS) is 1. The topological polar surface area (TPSA) is 74.7 Å². The Morgan fingerprint density at radius 3 is 2.52 bits per heavy atom. The lowest BCUT2D eigenvalue weighted by Crippen LogP contribution is -2.30. The van der Waals surface area contributed by atoms with Crippen molar-refractivity contribution in [2.24, 2.45) is 0 Å². The number of carboxylic acids is 1. The predicted octanol–water partition coefficient (Wildman–Crippen LogP) is 3.20. The Kier molecular flexibility index (Phi) is 4.52. The predicted molar refractivity (Wildman–Crippen MR) is 83.7 cm³/mol. The molecular weight excluding hydrogens is 330 g/mol. The van der Waals surface area contributed by atoms with E-state index in [1.807, 2.05) is 19.1 Å². The van der Waals surface area contributed by atoms with Gasteiger partial charge in [0.05, 0.1) is 6.04 Å².